The van der Waals surface area contributed by atoms with Crippen LogP contribution in [0.2, 0.25) is 0 Å². The number of benzene rings is 1. The average molecular weight is 287 g/mol. The molecule has 2 aromatic rings. The number of imidazole rings is 1. The summed E-state index contributed by atoms with van der Waals surface area (Å²) in [5.41, 5.74) is 1.20. The Morgan fingerprint density at radius 2 is 2.00 bits per heavy atom. The molecule has 1 aromatic heterocycles. The molecule has 0 aliphatic rings. The van der Waals surface area contributed by atoms with Crippen molar-refractivity contribution in [3.63, 3.8) is 0 Å². The molecule has 0 fully saturated rings. The van der Waals surface area contributed by atoms with Gasteiger partial charge in [-0.25, -0.2) is 4.98 Å². The van der Waals surface area contributed by atoms with E-state index in [-0.39, 0.29) is 6.04 Å². The Kier molecular flexibility index (Phi) is 5.81. The number of nitrogens with one attached hydrogen (secondary N) is 1. The summed E-state index contributed by atoms with van der Waals surface area (Å²) in [5.74, 6) is 1.96. The Morgan fingerprint density at radius 1 is 1.24 bits per heavy atom. The van der Waals surface area contributed by atoms with Gasteiger partial charge in [0.1, 0.15) is 11.6 Å². The van der Waals surface area contributed by atoms with Gasteiger partial charge in [-0.05, 0) is 30.7 Å². The van der Waals surface area contributed by atoms with E-state index < -0.39 is 0 Å². The summed E-state index contributed by atoms with van der Waals surface area (Å²) in [4.78, 5) is 4.46. The van der Waals surface area contributed by atoms with Crippen LogP contribution in [0.4, 0.5) is 0 Å². The third-order valence-corrected chi connectivity index (χ3v) is 3.50. The number of unbranched alkanes of at least 4 members (excludes halogenated alkanes) is 1. The topological polar surface area (TPSA) is 39.1 Å². The van der Waals surface area contributed by atoms with Crippen LogP contribution in [0.25, 0.3) is 0 Å². The largest absolute Gasteiger partial charge is 0.494 e. The van der Waals surface area contributed by atoms with Gasteiger partial charge in [0.2, 0.25) is 0 Å². The Balaban J connectivity index is 2.12. The van der Waals surface area contributed by atoms with Crippen LogP contribution in [0, 0.1) is 0 Å². The van der Waals surface area contributed by atoms with Crippen LogP contribution in [0.15, 0.2) is 36.7 Å². The van der Waals surface area contributed by atoms with Gasteiger partial charge in [0.15, 0.2) is 0 Å². The van der Waals surface area contributed by atoms with Gasteiger partial charge in [-0.2, -0.15) is 0 Å². The normalized spacial score (nSPS) is 12.3. The van der Waals surface area contributed by atoms with Crippen molar-refractivity contribution in [1.82, 2.24) is 14.9 Å². The van der Waals surface area contributed by atoms with Crippen LogP contribution in [0.5, 0.6) is 5.75 Å². The van der Waals surface area contributed by atoms with Gasteiger partial charge in [0.25, 0.3) is 0 Å². The van der Waals surface area contributed by atoms with Crippen LogP contribution in [0.1, 0.15) is 44.1 Å². The Morgan fingerprint density at radius 3 is 2.57 bits per heavy atom. The van der Waals surface area contributed by atoms with Crippen molar-refractivity contribution in [2.75, 3.05) is 13.2 Å². The van der Waals surface area contributed by atoms with Gasteiger partial charge < -0.3 is 14.6 Å². The number of rotatable bonds is 8. The van der Waals surface area contributed by atoms with E-state index in [9.17, 15) is 0 Å². The lowest BCUT2D eigenvalue weighted by molar-refractivity contribution is 0.309. The number of aryl methyl sites for hydroxylation is 1. The second-order valence-corrected chi connectivity index (χ2v) is 5.16. The van der Waals surface area contributed by atoms with E-state index >= 15 is 0 Å². The van der Waals surface area contributed by atoms with Crippen molar-refractivity contribution < 1.29 is 4.74 Å². The molecule has 1 N–H and O–H groups in total. The van der Waals surface area contributed by atoms with Gasteiger partial charge in [-0.15, -0.1) is 0 Å². The molecule has 0 radical (unpaired) electrons. The molecule has 0 spiro atoms. The quantitative estimate of drug-likeness (QED) is 0.757. The fourth-order valence-electron chi connectivity index (χ4n) is 2.31. The van der Waals surface area contributed by atoms with Crippen molar-refractivity contribution in [2.24, 2.45) is 7.05 Å². The van der Waals surface area contributed by atoms with Crippen molar-refractivity contribution in [2.45, 2.75) is 32.7 Å². The van der Waals surface area contributed by atoms with Crippen LogP contribution in [0.3, 0.4) is 0 Å². The highest BCUT2D eigenvalue weighted by atomic mass is 16.5. The van der Waals surface area contributed by atoms with E-state index in [0.717, 1.165) is 37.6 Å². The second kappa shape index (κ2) is 7.84. The zero-order chi connectivity index (χ0) is 15.1. The molecular weight excluding hydrogens is 262 g/mol. The van der Waals surface area contributed by atoms with Gasteiger partial charge >= 0.3 is 0 Å². The molecule has 0 saturated heterocycles. The molecule has 0 aliphatic carbocycles. The third kappa shape index (κ3) is 4.08. The minimum Gasteiger partial charge on any atom is -0.494 e. The van der Waals surface area contributed by atoms with Gasteiger partial charge in [0, 0.05) is 19.4 Å². The van der Waals surface area contributed by atoms with E-state index in [1.54, 1.807) is 0 Å². The molecule has 1 aromatic carbocycles. The fourth-order valence-corrected chi connectivity index (χ4v) is 2.31. The molecule has 0 aliphatic heterocycles. The van der Waals surface area contributed by atoms with Gasteiger partial charge in [0.05, 0.1) is 12.6 Å². The first-order valence-electron chi connectivity index (χ1n) is 7.69. The number of hydrogen-bond donors (Lipinski definition) is 1. The summed E-state index contributed by atoms with van der Waals surface area (Å²) in [6.45, 7) is 5.95. The summed E-state index contributed by atoms with van der Waals surface area (Å²) >= 11 is 0. The Bertz CT molecular complexity index is 533. The molecule has 4 nitrogen and oxygen atoms in total. The first-order valence-corrected chi connectivity index (χ1v) is 7.69. The lowest BCUT2D eigenvalue weighted by Gasteiger charge is -2.18. The third-order valence-electron chi connectivity index (χ3n) is 3.50. The predicted octanol–water partition coefficient (Wildman–Crippen LogP) is 3.30. The van der Waals surface area contributed by atoms with Crippen molar-refractivity contribution in [3.05, 3.63) is 48.0 Å². The first-order chi connectivity index (χ1) is 10.3. The number of hydrogen-bond acceptors (Lipinski definition) is 3. The smallest absolute Gasteiger partial charge is 0.130 e. The highest BCUT2D eigenvalue weighted by Gasteiger charge is 2.16. The summed E-state index contributed by atoms with van der Waals surface area (Å²) < 4.78 is 7.77. The second-order valence-electron chi connectivity index (χ2n) is 5.16. The zero-order valence-corrected chi connectivity index (χ0v) is 13.2. The van der Waals surface area contributed by atoms with Crippen LogP contribution >= 0.6 is 0 Å². The summed E-state index contributed by atoms with van der Waals surface area (Å²) in [6, 6.07) is 8.42. The predicted molar refractivity (Wildman–Crippen MR) is 85.6 cm³/mol. The monoisotopic (exact) mass is 287 g/mol. The molecule has 0 saturated carbocycles. The Hall–Kier alpha value is -1.81. The standard InChI is InChI=1S/C17H25N3O/c1-4-6-13-21-15-9-7-14(8-10-15)16(18-5-2)17-19-11-12-20(17)3/h7-12,16,18H,4-6,13H2,1-3H3. The molecule has 1 heterocycles. The highest BCUT2D eigenvalue weighted by molar-refractivity contribution is 5.32. The minimum atomic E-state index is 0.111. The number of ether oxygens (including phenoxy) is 1. The molecule has 0 amide bonds. The van der Waals surface area contributed by atoms with Crippen LogP contribution < -0.4 is 10.1 Å². The molecule has 0 bridgehead atoms. The van der Waals surface area contributed by atoms with E-state index in [1.165, 1.54) is 5.56 Å². The number of nitrogens with zero attached hydrogens (tertiary/aromatic N) is 2. The van der Waals surface area contributed by atoms with Crippen molar-refractivity contribution >= 4 is 0 Å². The molecule has 4 heteroatoms. The fraction of sp³-hybridized carbons (Fsp3) is 0.471. The first kappa shape index (κ1) is 15.6. The van der Waals surface area contributed by atoms with Crippen molar-refractivity contribution in [1.29, 1.82) is 0 Å². The molecule has 2 rings (SSSR count). The molecule has 21 heavy (non-hydrogen) atoms. The Labute approximate surface area is 127 Å². The highest BCUT2D eigenvalue weighted by Crippen LogP contribution is 2.23. The van der Waals surface area contributed by atoms with Crippen LogP contribution in [-0.2, 0) is 7.05 Å². The SMILES string of the molecule is CCCCOc1ccc(C(NCC)c2nccn2C)cc1. The van der Waals surface area contributed by atoms with Crippen molar-refractivity contribution in [3.8, 4) is 5.75 Å². The van der Waals surface area contributed by atoms with Crippen LogP contribution in [-0.4, -0.2) is 22.7 Å². The van der Waals surface area contributed by atoms with E-state index in [4.69, 9.17) is 4.74 Å². The number of aromatic nitrogens is 2. The van der Waals surface area contributed by atoms with E-state index in [2.05, 4.69) is 40.8 Å². The molecule has 1 unspecified atom stereocenters. The molecule has 1 atom stereocenters. The van der Waals surface area contributed by atoms with Gasteiger partial charge in [-0.3, -0.25) is 0 Å². The minimum absolute atomic E-state index is 0.111. The zero-order valence-electron chi connectivity index (χ0n) is 13.2. The summed E-state index contributed by atoms with van der Waals surface area (Å²) in [7, 11) is 2.02. The van der Waals surface area contributed by atoms with Gasteiger partial charge in [-0.1, -0.05) is 32.4 Å². The molecular formula is C17H25N3O. The average Bonchev–Trinajstić information content (AvgIpc) is 2.92. The molecule has 114 valence electrons. The lowest BCUT2D eigenvalue weighted by atomic mass is 10.1. The van der Waals surface area contributed by atoms with E-state index in [1.807, 2.05) is 31.6 Å². The lowest BCUT2D eigenvalue weighted by Crippen LogP contribution is -2.24. The maximum atomic E-state index is 5.71. The maximum absolute atomic E-state index is 5.71. The summed E-state index contributed by atoms with van der Waals surface area (Å²) in [6.07, 6.45) is 6.05. The maximum Gasteiger partial charge on any atom is 0.130 e. The summed E-state index contributed by atoms with van der Waals surface area (Å²) in [5, 5.41) is 3.49. The van der Waals surface area contributed by atoms with E-state index in [0.29, 0.717) is 0 Å².